The summed E-state index contributed by atoms with van der Waals surface area (Å²) in [4.78, 5) is 0. The van der Waals surface area contributed by atoms with E-state index < -0.39 is 0 Å². The van der Waals surface area contributed by atoms with Crippen LogP contribution in [0.25, 0.3) is 0 Å². The third-order valence-corrected chi connectivity index (χ3v) is 2.86. The van der Waals surface area contributed by atoms with E-state index in [4.69, 9.17) is 19.9 Å². The fraction of sp³-hybridized carbons (Fsp3) is 0.538. The van der Waals surface area contributed by atoms with E-state index in [0.29, 0.717) is 33.0 Å². The van der Waals surface area contributed by atoms with Crippen LogP contribution >= 0.6 is 15.9 Å². The average Bonchev–Trinajstić information content (AvgIpc) is 2.39. The molecule has 0 fully saturated rings. The van der Waals surface area contributed by atoms with E-state index in [-0.39, 0.29) is 0 Å². The molecule has 0 aliphatic carbocycles. The molecule has 1 aromatic carbocycles. The van der Waals surface area contributed by atoms with Crippen LogP contribution in [0.2, 0.25) is 0 Å². The van der Waals surface area contributed by atoms with Crippen LogP contribution in [-0.2, 0) is 16.0 Å². The van der Waals surface area contributed by atoms with Gasteiger partial charge in [-0.25, -0.2) is 0 Å². The number of hydrogen-bond acceptors (Lipinski definition) is 4. The Kier molecular flexibility index (Phi) is 8.00. The zero-order valence-electron chi connectivity index (χ0n) is 10.7. The molecule has 102 valence electrons. The second-order valence-electron chi connectivity index (χ2n) is 3.76. The Morgan fingerprint density at radius 1 is 1.17 bits per heavy atom. The number of rotatable bonds is 9. The molecule has 0 aliphatic heterocycles. The second kappa shape index (κ2) is 9.33. The average molecular weight is 318 g/mol. The minimum Gasteiger partial charge on any atom is -0.493 e. The van der Waals surface area contributed by atoms with Crippen LogP contribution in [0, 0.1) is 0 Å². The highest BCUT2D eigenvalue weighted by Crippen LogP contribution is 2.22. The lowest BCUT2D eigenvalue weighted by atomic mass is 10.2. The Labute approximate surface area is 117 Å². The lowest BCUT2D eigenvalue weighted by molar-refractivity contribution is 0.0644. The highest BCUT2D eigenvalue weighted by atomic mass is 79.9. The van der Waals surface area contributed by atoms with E-state index in [1.54, 1.807) is 7.11 Å². The van der Waals surface area contributed by atoms with Crippen LogP contribution in [0.15, 0.2) is 22.7 Å². The Morgan fingerprint density at radius 2 is 2.00 bits per heavy atom. The number of hydrogen-bond donors (Lipinski definition) is 1. The standard InChI is InChI=1S/C13H20BrNO3/c1-16-7-8-17-5-2-6-18-13-4-3-12(14)9-11(13)10-15/h3-4,9H,2,5-8,10,15H2,1H3. The van der Waals surface area contributed by atoms with Crippen LogP contribution in [0.4, 0.5) is 0 Å². The van der Waals surface area contributed by atoms with E-state index in [1.165, 1.54) is 0 Å². The molecular weight excluding hydrogens is 298 g/mol. The van der Waals surface area contributed by atoms with Crippen molar-refractivity contribution in [2.45, 2.75) is 13.0 Å². The largest absolute Gasteiger partial charge is 0.493 e. The van der Waals surface area contributed by atoms with Crippen LogP contribution in [0.3, 0.4) is 0 Å². The Bertz CT molecular complexity index is 347. The van der Waals surface area contributed by atoms with Crippen molar-refractivity contribution in [1.29, 1.82) is 0 Å². The van der Waals surface area contributed by atoms with Gasteiger partial charge in [0.25, 0.3) is 0 Å². The molecule has 5 heteroatoms. The highest BCUT2D eigenvalue weighted by molar-refractivity contribution is 9.10. The first-order valence-corrected chi connectivity index (χ1v) is 6.75. The Hall–Kier alpha value is -0.620. The first kappa shape index (κ1) is 15.4. The quantitative estimate of drug-likeness (QED) is 0.710. The molecular formula is C13H20BrNO3. The van der Waals surface area contributed by atoms with Gasteiger partial charge in [0.05, 0.1) is 19.8 Å². The van der Waals surface area contributed by atoms with Crippen molar-refractivity contribution in [1.82, 2.24) is 0 Å². The Balaban J connectivity index is 2.22. The summed E-state index contributed by atoms with van der Waals surface area (Å²) in [5.74, 6) is 0.845. The first-order valence-electron chi connectivity index (χ1n) is 5.96. The van der Waals surface area contributed by atoms with Gasteiger partial charge in [0.1, 0.15) is 5.75 Å². The monoisotopic (exact) mass is 317 g/mol. The zero-order valence-corrected chi connectivity index (χ0v) is 12.2. The fourth-order valence-corrected chi connectivity index (χ4v) is 1.84. The number of ether oxygens (including phenoxy) is 3. The number of nitrogens with two attached hydrogens (primary N) is 1. The smallest absolute Gasteiger partial charge is 0.123 e. The predicted molar refractivity (Wildman–Crippen MR) is 74.8 cm³/mol. The van der Waals surface area contributed by atoms with Gasteiger partial charge in [0.15, 0.2) is 0 Å². The maximum Gasteiger partial charge on any atom is 0.123 e. The summed E-state index contributed by atoms with van der Waals surface area (Å²) in [5, 5.41) is 0. The molecule has 0 spiro atoms. The maximum atomic E-state index is 5.68. The van der Waals surface area contributed by atoms with Gasteiger partial charge in [-0.1, -0.05) is 15.9 Å². The van der Waals surface area contributed by atoms with Crippen LogP contribution in [-0.4, -0.2) is 33.5 Å². The molecule has 0 saturated carbocycles. The number of halogens is 1. The van der Waals surface area contributed by atoms with Crippen molar-refractivity contribution in [2.24, 2.45) is 5.73 Å². The molecule has 4 nitrogen and oxygen atoms in total. The fourth-order valence-electron chi connectivity index (χ4n) is 1.44. The van der Waals surface area contributed by atoms with Gasteiger partial charge < -0.3 is 19.9 Å². The molecule has 0 aromatic heterocycles. The topological polar surface area (TPSA) is 53.7 Å². The van der Waals surface area contributed by atoms with Crippen LogP contribution in [0.5, 0.6) is 5.75 Å². The van der Waals surface area contributed by atoms with Crippen molar-refractivity contribution < 1.29 is 14.2 Å². The third-order valence-electron chi connectivity index (χ3n) is 2.36. The minimum absolute atomic E-state index is 0.471. The van der Waals surface area contributed by atoms with Crippen molar-refractivity contribution in [3.05, 3.63) is 28.2 Å². The van der Waals surface area contributed by atoms with Gasteiger partial charge in [-0.15, -0.1) is 0 Å². The summed E-state index contributed by atoms with van der Waals surface area (Å²) in [6.45, 7) is 3.03. The van der Waals surface area contributed by atoms with Crippen molar-refractivity contribution in [2.75, 3.05) is 33.5 Å². The van der Waals surface area contributed by atoms with E-state index in [0.717, 1.165) is 22.2 Å². The molecule has 1 aromatic rings. The van der Waals surface area contributed by atoms with Gasteiger partial charge in [-0.05, 0) is 18.2 Å². The van der Waals surface area contributed by atoms with Crippen LogP contribution < -0.4 is 10.5 Å². The molecule has 0 radical (unpaired) electrons. The zero-order chi connectivity index (χ0) is 13.2. The van der Waals surface area contributed by atoms with Gasteiger partial charge in [-0.2, -0.15) is 0 Å². The molecule has 0 amide bonds. The molecule has 0 unspecified atom stereocenters. The molecule has 2 N–H and O–H groups in total. The summed E-state index contributed by atoms with van der Waals surface area (Å²) in [5.41, 5.74) is 6.67. The lowest BCUT2D eigenvalue weighted by Crippen LogP contribution is -2.08. The maximum absolute atomic E-state index is 5.68. The number of methoxy groups -OCH3 is 1. The van der Waals surface area contributed by atoms with E-state index in [9.17, 15) is 0 Å². The van der Waals surface area contributed by atoms with Gasteiger partial charge >= 0.3 is 0 Å². The van der Waals surface area contributed by atoms with Crippen molar-refractivity contribution in [3.8, 4) is 5.75 Å². The highest BCUT2D eigenvalue weighted by Gasteiger charge is 2.02. The van der Waals surface area contributed by atoms with E-state index in [1.807, 2.05) is 18.2 Å². The normalized spacial score (nSPS) is 10.6. The molecule has 0 atom stereocenters. The summed E-state index contributed by atoms with van der Waals surface area (Å²) < 4.78 is 16.9. The molecule has 0 heterocycles. The van der Waals surface area contributed by atoms with Gasteiger partial charge in [0.2, 0.25) is 0 Å². The number of benzene rings is 1. The predicted octanol–water partition coefficient (Wildman–Crippen LogP) is 2.34. The minimum atomic E-state index is 0.471. The van der Waals surface area contributed by atoms with Crippen molar-refractivity contribution in [3.63, 3.8) is 0 Å². The lowest BCUT2D eigenvalue weighted by Gasteiger charge is -2.11. The molecule has 0 aliphatic rings. The molecule has 18 heavy (non-hydrogen) atoms. The first-order chi connectivity index (χ1) is 8.77. The summed E-state index contributed by atoms with van der Waals surface area (Å²) in [6, 6.07) is 5.85. The van der Waals surface area contributed by atoms with Gasteiger partial charge in [0, 0.05) is 36.7 Å². The summed E-state index contributed by atoms with van der Waals surface area (Å²) in [7, 11) is 1.66. The van der Waals surface area contributed by atoms with E-state index in [2.05, 4.69) is 15.9 Å². The van der Waals surface area contributed by atoms with Gasteiger partial charge in [-0.3, -0.25) is 0 Å². The van der Waals surface area contributed by atoms with Crippen LogP contribution in [0.1, 0.15) is 12.0 Å². The summed E-state index contributed by atoms with van der Waals surface area (Å²) >= 11 is 3.41. The van der Waals surface area contributed by atoms with E-state index >= 15 is 0 Å². The molecule has 1 rings (SSSR count). The third kappa shape index (κ3) is 5.82. The van der Waals surface area contributed by atoms with Crippen molar-refractivity contribution >= 4 is 15.9 Å². The second-order valence-corrected chi connectivity index (χ2v) is 4.68. The molecule has 0 saturated heterocycles. The summed E-state index contributed by atoms with van der Waals surface area (Å²) in [6.07, 6.45) is 0.851. The Morgan fingerprint density at radius 3 is 2.72 bits per heavy atom. The SMILES string of the molecule is COCCOCCCOc1ccc(Br)cc1CN. The molecule has 0 bridgehead atoms.